The largest absolute Gasteiger partial charge is 0.306 e. The molecule has 3 rings (SSSR count). The Morgan fingerprint density at radius 1 is 1.11 bits per heavy atom. The zero-order chi connectivity index (χ0) is 13.2. The van der Waals surface area contributed by atoms with Gasteiger partial charge in [0.1, 0.15) is 11.3 Å². The summed E-state index contributed by atoms with van der Waals surface area (Å²) in [5.41, 5.74) is 3.18. The van der Waals surface area contributed by atoms with Gasteiger partial charge in [-0.25, -0.2) is 4.98 Å². The number of ketones is 1. The van der Waals surface area contributed by atoms with Crippen molar-refractivity contribution in [2.45, 2.75) is 13.3 Å². The number of fused-ring (bicyclic) bond motifs is 1. The highest BCUT2D eigenvalue weighted by molar-refractivity contribution is 6.07. The molecule has 0 unspecified atom stereocenters. The van der Waals surface area contributed by atoms with Gasteiger partial charge in [0.25, 0.3) is 0 Å². The SMILES string of the molecule is CCc1ccc2nc(C(=O)c3ccccc3)cn2c1. The third kappa shape index (κ3) is 2.15. The molecule has 0 atom stereocenters. The number of imidazole rings is 1. The molecule has 0 saturated heterocycles. The van der Waals surface area contributed by atoms with Crippen LogP contribution in [0.2, 0.25) is 0 Å². The average Bonchev–Trinajstić information content (AvgIpc) is 2.90. The van der Waals surface area contributed by atoms with Crippen LogP contribution in [0.15, 0.2) is 54.9 Å². The Labute approximate surface area is 111 Å². The smallest absolute Gasteiger partial charge is 0.212 e. The predicted octanol–water partition coefficient (Wildman–Crippen LogP) is 3.13. The van der Waals surface area contributed by atoms with Crippen LogP contribution in [0.3, 0.4) is 0 Å². The van der Waals surface area contributed by atoms with E-state index >= 15 is 0 Å². The lowest BCUT2D eigenvalue weighted by Gasteiger charge is -1.96. The van der Waals surface area contributed by atoms with Crippen LogP contribution in [0.1, 0.15) is 28.5 Å². The summed E-state index contributed by atoms with van der Waals surface area (Å²) in [4.78, 5) is 16.7. The molecule has 94 valence electrons. The van der Waals surface area contributed by atoms with Crippen molar-refractivity contribution in [3.63, 3.8) is 0 Å². The van der Waals surface area contributed by atoms with Gasteiger partial charge in [-0.3, -0.25) is 4.79 Å². The Hall–Kier alpha value is -2.42. The molecule has 3 nitrogen and oxygen atoms in total. The number of pyridine rings is 1. The highest BCUT2D eigenvalue weighted by Gasteiger charge is 2.12. The molecule has 0 bridgehead atoms. The lowest BCUT2D eigenvalue weighted by atomic mass is 10.1. The van der Waals surface area contributed by atoms with E-state index in [2.05, 4.69) is 11.9 Å². The van der Waals surface area contributed by atoms with E-state index in [1.165, 1.54) is 5.56 Å². The van der Waals surface area contributed by atoms with Crippen molar-refractivity contribution in [1.29, 1.82) is 0 Å². The van der Waals surface area contributed by atoms with Crippen LogP contribution in [0, 0.1) is 0 Å². The second kappa shape index (κ2) is 4.69. The summed E-state index contributed by atoms with van der Waals surface area (Å²) >= 11 is 0. The summed E-state index contributed by atoms with van der Waals surface area (Å²) in [5, 5.41) is 0. The number of aryl methyl sites for hydroxylation is 1. The van der Waals surface area contributed by atoms with Crippen molar-refractivity contribution in [2.24, 2.45) is 0 Å². The Morgan fingerprint density at radius 2 is 1.89 bits per heavy atom. The lowest BCUT2D eigenvalue weighted by molar-refractivity contribution is 0.103. The molecule has 0 aliphatic heterocycles. The van der Waals surface area contributed by atoms with Crippen molar-refractivity contribution < 1.29 is 4.79 Å². The summed E-state index contributed by atoms with van der Waals surface area (Å²) in [5.74, 6) is -0.0395. The van der Waals surface area contributed by atoms with Gasteiger partial charge in [0.05, 0.1) is 0 Å². The number of nitrogens with zero attached hydrogens (tertiary/aromatic N) is 2. The zero-order valence-corrected chi connectivity index (χ0v) is 10.7. The van der Waals surface area contributed by atoms with Gasteiger partial charge in [0, 0.05) is 18.0 Å². The van der Waals surface area contributed by atoms with E-state index in [9.17, 15) is 4.79 Å². The zero-order valence-electron chi connectivity index (χ0n) is 10.7. The molecule has 19 heavy (non-hydrogen) atoms. The molecule has 3 aromatic rings. The maximum Gasteiger partial charge on any atom is 0.212 e. The molecule has 0 amide bonds. The average molecular weight is 250 g/mol. The van der Waals surface area contributed by atoms with Crippen molar-refractivity contribution in [2.75, 3.05) is 0 Å². The molecule has 1 aromatic carbocycles. The van der Waals surface area contributed by atoms with Crippen molar-refractivity contribution in [3.05, 3.63) is 71.7 Å². The number of hydrogen-bond acceptors (Lipinski definition) is 2. The van der Waals surface area contributed by atoms with Gasteiger partial charge in [-0.05, 0) is 18.1 Å². The quantitative estimate of drug-likeness (QED) is 0.669. The van der Waals surface area contributed by atoms with Crippen LogP contribution in [-0.4, -0.2) is 15.2 Å². The van der Waals surface area contributed by atoms with E-state index in [0.717, 1.165) is 12.1 Å². The molecular formula is C16H14N2O. The van der Waals surface area contributed by atoms with E-state index in [4.69, 9.17) is 0 Å². The third-order valence-corrected chi connectivity index (χ3v) is 3.19. The molecule has 2 aromatic heterocycles. The minimum Gasteiger partial charge on any atom is -0.306 e. The van der Waals surface area contributed by atoms with Gasteiger partial charge >= 0.3 is 0 Å². The van der Waals surface area contributed by atoms with Crippen LogP contribution >= 0.6 is 0 Å². The molecule has 0 fully saturated rings. The first-order valence-corrected chi connectivity index (χ1v) is 6.35. The molecule has 3 heteroatoms. The number of benzene rings is 1. The van der Waals surface area contributed by atoms with Gasteiger partial charge in [-0.15, -0.1) is 0 Å². The highest BCUT2D eigenvalue weighted by Crippen LogP contribution is 2.12. The second-order valence-electron chi connectivity index (χ2n) is 4.48. The van der Waals surface area contributed by atoms with E-state index in [-0.39, 0.29) is 5.78 Å². The van der Waals surface area contributed by atoms with Gasteiger partial charge in [0.2, 0.25) is 5.78 Å². The van der Waals surface area contributed by atoms with Crippen molar-refractivity contribution in [3.8, 4) is 0 Å². The third-order valence-electron chi connectivity index (χ3n) is 3.19. The van der Waals surface area contributed by atoms with E-state index in [1.54, 1.807) is 6.20 Å². The van der Waals surface area contributed by atoms with Crippen LogP contribution in [-0.2, 0) is 6.42 Å². The Morgan fingerprint density at radius 3 is 2.63 bits per heavy atom. The fraction of sp³-hybridized carbons (Fsp3) is 0.125. The molecule has 2 heterocycles. The Balaban J connectivity index is 2.04. The maximum absolute atomic E-state index is 12.3. The topological polar surface area (TPSA) is 34.4 Å². The molecule has 0 aliphatic carbocycles. The Bertz CT molecular complexity index is 729. The van der Waals surface area contributed by atoms with E-state index in [0.29, 0.717) is 11.3 Å². The van der Waals surface area contributed by atoms with Crippen LogP contribution in [0.25, 0.3) is 5.65 Å². The van der Waals surface area contributed by atoms with Crippen LogP contribution < -0.4 is 0 Å². The predicted molar refractivity (Wildman–Crippen MR) is 74.4 cm³/mol. The Kier molecular flexibility index (Phi) is 2.88. The molecule has 0 spiro atoms. The minimum atomic E-state index is -0.0395. The summed E-state index contributed by atoms with van der Waals surface area (Å²) in [6, 6.07) is 13.2. The summed E-state index contributed by atoms with van der Waals surface area (Å²) in [7, 11) is 0. The highest BCUT2D eigenvalue weighted by atomic mass is 16.1. The summed E-state index contributed by atoms with van der Waals surface area (Å²) < 4.78 is 1.91. The number of rotatable bonds is 3. The first-order chi connectivity index (χ1) is 9.28. The molecule has 0 aliphatic rings. The number of aromatic nitrogens is 2. The molecule has 0 radical (unpaired) electrons. The maximum atomic E-state index is 12.3. The van der Waals surface area contributed by atoms with Crippen LogP contribution in [0.4, 0.5) is 0 Å². The van der Waals surface area contributed by atoms with E-state index < -0.39 is 0 Å². The lowest BCUT2D eigenvalue weighted by Crippen LogP contribution is -2.00. The minimum absolute atomic E-state index is 0.0395. The fourth-order valence-electron chi connectivity index (χ4n) is 2.09. The standard InChI is InChI=1S/C16H14N2O/c1-2-12-8-9-15-17-14(11-18(15)10-12)16(19)13-6-4-3-5-7-13/h3-11H,2H2,1H3. The van der Waals surface area contributed by atoms with Crippen LogP contribution in [0.5, 0.6) is 0 Å². The molecular weight excluding hydrogens is 236 g/mol. The second-order valence-corrected chi connectivity index (χ2v) is 4.48. The molecule has 0 saturated carbocycles. The number of carbonyl (C=O) groups is 1. The summed E-state index contributed by atoms with van der Waals surface area (Å²) in [6.45, 7) is 2.11. The van der Waals surface area contributed by atoms with Crippen molar-refractivity contribution in [1.82, 2.24) is 9.38 Å². The number of carbonyl (C=O) groups excluding carboxylic acids is 1. The van der Waals surface area contributed by atoms with E-state index in [1.807, 2.05) is 53.1 Å². The van der Waals surface area contributed by atoms with Gasteiger partial charge in [-0.2, -0.15) is 0 Å². The fourth-order valence-corrected chi connectivity index (χ4v) is 2.09. The first-order valence-electron chi connectivity index (χ1n) is 6.35. The monoisotopic (exact) mass is 250 g/mol. The van der Waals surface area contributed by atoms with Gasteiger partial charge in [-0.1, -0.05) is 43.3 Å². The van der Waals surface area contributed by atoms with Gasteiger partial charge < -0.3 is 4.40 Å². The van der Waals surface area contributed by atoms with Crippen molar-refractivity contribution >= 4 is 11.4 Å². The summed E-state index contributed by atoms with van der Waals surface area (Å²) in [6.07, 6.45) is 4.78. The normalized spacial score (nSPS) is 10.8. The number of hydrogen-bond donors (Lipinski definition) is 0. The first kappa shape index (κ1) is 11.7. The molecule has 0 N–H and O–H groups in total. The van der Waals surface area contributed by atoms with Gasteiger partial charge in [0.15, 0.2) is 0 Å².